The summed E-state index contributed by atoms with van der Waals surface area (Å²) < 4.78 is 0. The first-order valence-corrected chi connectivity index (χ1v) is 5.79. The Kier molecular flexibility index (Phi) is 2.38. The lowest BCUT2D eigenvalue weighted by atomic mass is 9.71. The molecule has 0 spiro atoms. The molecule has 0 radical (unpaired) electrons. The molecule has 14 heavy (non-hydrogen) atoms. The Hall–Kier alpha value is -0.780. The van der Waals surface area contributed by atoms with Gasteiger partial charge in [-0.15, -0.1) is 0 Å². The lowest BCUT2D eigenvalue weighted by molar-refractivity contribution is 0.294. The first-order chi connectivity index (χ1) is 6.70. The van der Waals surface area contributed by atoms with Gasteiger partial charge in [-0.25, -0.2) is 0 Å². The van der Waals surface area contributed by atoms with Gasteiger partial charge in [-0.1, -0.05) is 45.0 Å². The molecule has 1 aromatic rings. The maximum absolute atomic E-state index is 2.37. The van der Waals surface area contributed by atoms with E-state index in [1.807, 2.05) is 0 Å². The molecule has 0 aromatic heterocycles. The monoisotopic (exact) mass is 188 g/mol. The van der Waals surface area contributed by atoms with E-state index in [0.29, 0.717) is 5.41 Å². The molecule has 0 fully saturated rings. The predicted octanol–water partition coefficient (Wildman–Crippen LogP) is 3.94. The van der Waals surface area contributed by atoms with Gasteiger partial charge in [0.15, 0.2) is 0 Å². The maximum Gasteiger partial charge on any atom is -0.00207 e. The molecule has 0 aliphatic heterocycles. The lowest BCUT2D eigenvalue weighted by Crippen LogP contribution is -2.28. The molecule has 1 aromatic carbocycles. The third-order valence-electron chi connectivity index (χ3n) is 4.13. The fraction of sp³-hybridized carbons (Fsp3) is 0.571. The Labute approximate surface area is 87.3 Å². The quantitative estimate of drug-likeness (QED) is 0.659. The van der Waals surface area contributed by atoms with Crippen LogP contribution in [-0.4, -0.2) is 0 Å². The fourth-order valence-electron chi connectivity index (χ4n) is 3.09. The first kappa shape index (κ1) is 9.76. The summed E-state index contributed by atoms with van der Waals surface area (Å²) in [4.78, 5) is 0. The normalized spacial score (nSPS) is 25.4. The molecule has 0 nitrogen and oxygen atoms in total. The highest BCUT2D eigenvalue weighted by atomic mass is 14.4. The van der Waals surface area contributed by atoms with E-state index in [2.05, 4.69) is 45.0 Å². The number of rotatable bonds is 2. The average molecular weight is 188 g/mol. The third-order valence-corrected chi connectivity index (χ3v) is 4.13. The molecule has 0 N–H and O–H groups in total. The van der Waals surface area contributed by atoms with Crippen LogP contribution in [0.25, 0.3) is 0 Å². The van der Waals surface area contributed by atoms with Crippen molar-refractivity contribution in [2.24, 2.45) is 5.92 Å². The van der Waals surface area contributed by atoms with Crippen LogP contribution in [0, 0.1) is 5.92 Å². The van der Waals surface area contributed by atoms with Crippen LogP contribution in [0.2, 0.25) is 0 Å². The zero-order valence-corrected chi connectivity index (χ0v) is 9.51. The van der Waals surface area contributed by atoms with Gasteiger partial charge in [0.1, 0.15) is 0 Å². The molecule has 0 saturated carbocycles. The fourth-order valence-corrected chi connectivity index (χ4v) is 3.09. The second-order valence-corrected chi connectivity index (χ2v) is 4.82. The second-order valence-electron chi connectivity index (χ2n) is 4.82. The van der Waals surface area contributed by atoms with E-state index in [-0.39, 0.29) is 0 Å². The van der Waals surface area contributed by atoms with Crippen molar-refractivity contribution in [3.05, 3.63) is 35.4 Å². The van der Waals surface area contributed by atoms with E-state index >= 15 is 0 Å². The molecular weight excluding hydrogens is 168 g/mol. The van der Waals surface area contributed by atoms with Crippen molar-refractivity contribution >= 4 is 0 Å². The molecule has 0 bridgehead atoms. The average Bonchev–Trinajstić information content (AvgIpc) is 2.57. The Morgan fingerprint density at radius 2 is 2.00 bits per heavy atom. The van der Waals surface area contributed by atoms with Crippen molar-refractivity contribution in [3.63, 3.8) is 0 Å². The topological polar surface area (TPSA) is 0 Å². The minimum absolute atomic E-state index is 0.469. The van der Waals surface area contributed by atoms with Gasteiger partial charge in [-0.2, -0.15) is 0 Å². The first-order valence-electron chi connectivity index (χ1n) is 5.79. The van der Waals surface area contributed by atoms with Crippen molar-refractivity contribution < 1.29 is 0 Å². The van der Waals surface area contributed by atoms with Crippen molar-refractivity contribution in [3.8, 4) is 0 Å². The van der Waals surface area contributed by atoms with E-state index in [1.165, 1.54) is 19.3 Å². The largest absolute Gasteiger partial charge is 0.0645 e. The van der Waals surface area contributed by atoms with Gasteiger partial charge in [-0.05, 0) is 41.7 Å². The van der Waals surface area contributed by atoms with E-state index < -0.39 is 0 Å². The van der Waals surface area contributed by atoms with Crippen LogP contribution >= 0.6 is 0 Å². The molecule has 76 valence electrons. The van der Waals surface area contributed by atoms with Crippen molar-refractivity contribution in [1.82, 2.24) is 0 Å². The van der Waals surface area contributed by atoms with Crippen LogP contribution in [0.3, 0.4) is 0 Å². The van der Waals surface area contributed by atoms with Crippen LogP contribution < -0.4 is 0 Å². The minimum Gasteiger partial charge on any atom is -0.0645 e. The molecule has 1 atom stereocenters. The Morgan fingerprint density at radius 1 is 1.29 bits per heavy atom. The van der Waals surface area contributed by atoms with Gasteiger partial charge in [0.2, 0.25) is 0 Å². The number of hydrogen-bond acceptors (Lipinski definition) is 0. The molecule has 0 saturated heterocycles. The summed E-state index contributed by atoms with van der Waals surface area (Å²) >= 11 is 0. The second kappa shape index (κ2) is 3.42. The molecule has 0 heteroatoms. The van der Waals surface area contributed by atoms with Crippen LogP contribution in [0.5, 0.6) is 0 Å². The minimum atomic E-state index is 0.469. The molecule has 1 unspecified atom stereocenters. The molecule has 0 heterocycles. The summed E-state index contributed by atoms with van der Waals surface area (Å²) in [5, 5.41) is 0. The summed E-state index contributed by atoms with van der Waals surface area (Å²) in [6.45, 7) is 7.07. The van der Waals surface area contributed by atoms with Gasteiger partial charge in [0, 0.05) is 0 Å². The number of benzene rings is 1. The SMILES string of the molecule is CCC1(C(C)C)CCc2ccccc21. The molecule has 2 rings (SSSR count). The summed E-state index contributed by atoms with van der Waals surface area (Å²) in [7, 11) is 0. The van der Waals surface area contributed by atoms with E-state index in [4.69, 9.17) is 0 Å². The zero-order valence-electron chi connectivity index (χ0n) is 9.51. The smallest absolute Gasteiger partial charge is 0.00207 e. The Balaban J connectivity index is 2.50. The van der Waals surface area contributed by atoms with Crippen LogP contribution in [0.15, 0.2) is 24.3 Å². The van der Waals surface area contributed by atoms with E-state index in [1.54, 1.807) is 11.1 Å². The predicted molar refractivity (Wildman–Crippen MR) is 61.6 cm³/mol. The van der Waals surface area contributed by atoms with Crippen LogP contribution in [0.1, 0.15) is 44.7 Å². The van der Waals surface area contributed by atoms with Crippen molar-refractivity contribution in [2.45, 2.75) is 45.4 Å². The molecule has 1 aliphatic carbocycles. The molecular formula is C14H20. The van der Waals surface area contributed by atoms with Gasteiger partial charge < -0.3 is 0 Å². The van der Waals surface area contributed by atoms with Crippen molar-refractivity contribution in [2.75, 3.05) is 0 Å². The summed E-state index contributed by atoms with van der Waals surface area (Å²) in [5.41, 5.74) is 3.68. The Morgan fingerprint density at radius 3 is 2.64 bits per heavy atom. The molecule has 1 aliphatic rings. The summed E-state index contributed by atoms with van der Waals surface area (Å²) in [6, 6.07) is 9.00. The number of fused-ring (bicyclic) bond motifs is 1. The molecule has 0 amide bonds. The zero-order chi connectivity index (χ0) is 10.2. The van der Waals surface area contributed by atoms with Crippen LogP contribution in [0.4, 0.5) is 0 Å². The Bertz CT molecular complexity index is 325. The highest BCUT2D eigenvalue weighted by molar-refractivity contribution is 5.39. The van der Waals surface area contributed by atoms with E-state index in [9.17, 15) is 0 Å². The third kappa shape index (κ3) is 1.20. The standard InChI is InChI=1S/C14H20/c1-4-14(11(2)3)10-9-12-7-5-6-8-13(12)14/h5-8,11H,4,9-10H2,1-3H3. The number of hydrogen-bond donors (Lipinski definition) is 0. The highest BCUT2D eigenvalue weighted by Gasteiger charge is 2.39. The van der Waals surface area contributed by atoms with Crippen molar-refractivity contribution in [1.29, 1.82) is 0 Å². The van der Waals surface area contributed by atoms with Gasteiger partial charge in [-0.3, -0.25) is 0 Å². The van der Waals surface area contributed by atoms with Gasteiger partial charge in [0.25, 0.3) is 0 Å². The highest BCUT2D eigenvalue weighted by Crippen LogP contribution is 2.46. The lowest BCUT2D eigenvalue weighted by Gasteiger charge is -2.33. The van der Waals surface area contributed by atoms with Gasteiger partial charge >= 0.3 is 0 Å². The van der Waals surface area contributed by atoms with E-state index in [0.717, 1.165) is 5.92 Å². The van der Waals surface area contributed by atoms with Gasteiger partial charge in [0.05, 0.1) is 0 Å². The number of aryl methyl sites for hydroxylation is 1. The maximum atomic E-state index is 2.37. The summed E-state index contributed by atoms with van der Waals surface area (Å²) in [5.74, 6) is 0.760. The summed E-state index contributed by atoms with van der Waals surface area (Å²) in [6.07, 6.45) is 3.91. The van der Waals surface area contributed by atoms with Crippen LogP contribution in [-0.2, 0) is 11.8 Å².